The molecule has 2 aliphatic rings. The molecule has 2 amide bonds. The van der Waals surface area contributed by atoms with E-state index >= 15 is 0 Å². The average Bonchev–Trinajstić information content (AvgIpc) is 2.80. The lowest BCUT2D eigenvalue weighted by atomic mass is 9.84. The highest BCUT2D eigenvalue weighted by Gasteiger charge is 2.35. The van der Waals surface area contributed by atoms with E-state index in [9.17, 15) is 9.59 Å². The quantitative estimate of drug-likeness (QED) is 0.778. The third-order valence-corrected chi connectivity index (χ3v) is 4.51. The van der Waals surface area contributed by atoms with Gasteiger partial charge in [0.1, 0.15) is 0 Å². The van der Waals surface area contributed by atoms with Gasteiger partial charge in [0.05, 0.1) is 5.92 Å². The molecular weight excluding hydrogens is 242 g/mol. The molecule has 2 fully saturated rings. The van der Waals surface area contributed by atoms with Crippen molar-refractivity contribution in [2.75, 3.05) is 19.6 Å². The van der Waals surface area contributed by atoms with Crippen LogP contribution in [-0.4, -0.2) is 42.4 Å². The van der Waals surface area contributed by atoms with Crippen LogP contribution in [0, 0.1) is 11.8 Å². The van der Waals surface area contributed by atoms with Crippen molar-refractivity contribution in [3.05, 3.63) is 0 Å². The minimum atomic E-state index is -0.173. The molecular formula is C14H25N3O2. The van der Waals surface area contributed by atoms with Gasteiger partial charge in [-0.05, 0) is 32.2 Å². The highest BCUT2D eigenvalue weighted by atomic mass is 16.2. The third kappa shape index (κ3) is 3.26. The van der Waals surface area contributed by atoms with Crippen molar-refractivity contribution in [2.24, 2.45) is 17.6 Å². The summed E-state index contributed by atoms with van der Waals surface area (Å²) >= 11 is 0. The summed E-state index contributed by atoms with van der Waals surface area (Å²) in [5.74, 6) is 0.362. The van der Waals surface area contributed by atoms with Crippen LogP contribution in [0.2, 0.25) is 0 Å². The maximum Gasteiger partial charge on any atom is 0.225 e. The first kappa shape index (κ1) is 14.3. The summed E-state index contributed by atoms with van der Waals surface area (Å²) in [6, 6.07) is 0.206. The number of rotatable bonds is 4. The second-order valence-corrected chi connectivity index (χ2v) is 5.73. The van der Waals surface area contributed by atoms with Crippen LogP contribution >= 0.6 is 0 Å². The second-order valence-electron chi connectivity index (χ2n) is 5.73. The maximum absolute atomic E-state index is 12.3. The minimum absolute atomic E-state index is 0.0367. The van der Waals surface area contributed by atoms with Gasteiger partial charge in [0, 0.05) is 25.6 Å². The molecule has 2 rings (SSSR count). The number of carbonyl (C=O) groups is 2. The van der Waals surface area contributed by atoms with Gasteiger partial charge in [0.15, 0.2) is 0 Å². The molecule has 0 bridgehead atoms. The number of carbonyl (C=O) groups excluding carboxylic acids is 2. The Bertz CT molecular complexity index is 346. The number of likely N-dealkylation sites (tertiary alicyclic amines) is 1. The van der Waals surface area contributed by atoms with E-state index in [1.54, 1.807) is 4.90 Å². The maximum atomic E-state index is 12.3. The van der Waals surface area contributed by atoms with E-state index < -0.39 is 0 Å². The van der Waals surface area contributed by atoms with Crippen molar-refractivity contribution in [2.45, 2.75) is 45.1 Å². The molecule has 1 heterocycles. The molecule has 3 unspecified atom stereocenters. The van der Waals surface area contributed by atoms with Crippen molar-refractivity contribution in [3.63, 3.8) is 0 Å². The molecule has 19 heavy (non-hydrogen) atoms. The zero-order valence-electron chi connectivity index (χ0n) is 11.7. The molecule has 3 N–H and O–H groups in total. The van der Waals surface area contributed by atoms with Crippen molar-refractivity contribution < 1.29 is 9.59 Å². The van der Waals surface area contributed by atoms with Gasteiger partial charge in [-0.1, -0.05) is 12.8 Å². The van der Waals surface area contributed by atoms with E-state index in [4.69, 9.17) is 5.73 Å². The largest absolute Gasteiger partial charge is 0.353 e. The zero-order chi connectivity index (χ0) is 13.8. The summed E-state index contributed by atoms with van der Waals surface area (Å²) in [7, 11) is 0. The smallest absolute Gasteiger partial charge is 0.225 e. The van der Waals surface area contributed by atoms with Gasteiger partial charge < -0.3 is 16.0 Å². The fraction of sp³-hybridized carbons (Fsp3) is 0.857. The van der Waals surface area contributed by atoms with Crippen molar-refractivity contribution in [1.29, 1.82) is 0 Å². The number of nitrogens with two attached hydrogens (primary N) is 1. The van der Waals surface area contributed by atoms with E-state index in [0.29, 0.717) is 32.0 Å². The Hall–Kier alpha value is -1.10. The molecule has 1 aliphatic carbocycles. The molecule has 0 radical (unpaired) electrons. The Labute approximate surface area is 114 Å². The third-order valence-electron chi connectivity index (χ3n) is 4.51. The normalized spacial score (nSPS) is 31.6. The molecule has 0 aromatic rings. The van der Waals surface area contributed by atoms with E-state index in [2.05, 4.69) is 5.32 Å². The van der Waals surface area contributed by atoms with Crippen LogP contribution in [0.1, 0.15) is 39.0 Å². The predicted octanol–water partition coefficient (Wildman–Crippen LogP) is 0.489. The van der Waals surface area contributed by atoms with Crippen molar-refractivity contribution >= 4 is 11.8 Å². The van der Waals surface area contributed by atoms with Crippen molar-refractivity contribution in [3.8, 4) is 0 Å². The average molecular weight is 267 g/mol. The number of hydrogen-bond acceptors (Lipinski definition) is 3. The lowest BCUT2D eigenvalue weighted by molar-refractivity contribution is -0.129. The molecule has 0 aromatic heterocycles. The van der Waals surface area contributed by atoms with Gasteiger partial charge in [-0.2, -0.15) is 0 Å². The van der Waals surface area contributed by atoms with Crippen LogP contribution in [0.25, 0.3) is 0 Å². The fourth-order valence-corrected chi connectivity index (χ4v) is 3.23. The summed E-state index contributed by atoms with van der Waals surface area (Å²) in [5, 5.41) is 3.13. The predicted molar refractivity (Wildman–Crippen MR) is 73.3 cm³/mol. The molecule has 1 aliphatic heterocycles. The Morgan fingerprint density at radius 3 is 2.79 bits per heavy atom. The molecule has 1 saturated carbocycles. The summed E-state index contributed by atoms with van der Waals surface area (Å²) in [5.41, 5.74) is 5.77. The molecule has 3 atom stereocenters. The zero-order valence-corrected chi connectivity index (χ0v) is 11.7. The highest BCUT2D eigenvalue weighted by molar-refractivity contribution is 5.89. The van der Waals surface area contributed by atoms with Gasteiger partial charge in [-0.25, -0.2) is 0 Å². The number of hydrogen-bond donors (Lipinski definition) is 2. The molecule has 1 saturated heterocycles. The van der Waals surface area contributed by atoms with Crippen LogP contribution in [-0.2, 0) is 9.59 Å². The van der Waals surface area contributed by atoms with E-state index in [1.807, 2.05) is 6.92 Å². The number of amides is 2. The van der Waals surface area contributed by atoms with Gasteiger partial charge in [0.2, 0.25) is 11.8 Å². The van der Waals surface area contributed by atoms with E-state index in [-0.39, 0.29) is 23.8 Å². The number of nitrogens with zero attached hydrogens (tertiary/aromatic N) is 1. The van der Waals surface area contributed by atoms with Gasteiger partial charge >= 0.3 is 0 Å². The fourth-order valence-electron chi connectivity index (χ4n) is 3.23. The monoisotopic (exact) mass is 267 g/mol. The Morgan fingerprint density at radius 1 is 1.42 bits per heavy atom. The van der Waals surface area contributed by atoms with Crippen LogP contribution in [0.4, 0.5) is 0 Å². The minimum Gasteiger partial charge on any atom is -0.353 e. The lowest BCUT2D eigenvalue weighted by Gasteiger charge is -2.32. The van der Waals surface area contributed by atoms with Gasteiger partial charge in [-0.3, -0.25) is 9.59 Å². The lowest BCUT2D eigenvalue weighted by Crippen LogP contribution is -2.47. The summed E-state index contributed by atoms with van der Waals surface area (Å²) in [6.07, 6.45) is 4.85. The van der Waals surface area contributed by atoms with Crippen LogP contribution in [0.5, 0.6) is 0 Å². The first-order valence-electron chi connectivity index (χ1n) is 7.44. The highest BCUT2D eigenvalue weighted by Crippen LogP contribution is 2.25. The standard InChI is InChI=1S/C14H25N3O2/c1-2-17-9-11(7-13(17)18)14(19)16-12-6-4-3-5-10(12)8-15/h10-12H,2-9,15H2,1H3,(H,16,19). The number of nitrogens with one attached hydrogen (secondary N) is 1. The van der Waals surface area contributed by atoms with E-state index in [1.165, 1.54) is 6.42 Å². The molecule has 0 spiro atoms. The second kappa shape index (κ2) is 6.37. The van der Waals surface area contributed by atoms with E-state index in [0.717, 1.165) is 19.3 Å². The molecule has 5 nitrogen and oxygen atoms in total. The Balaban J connectivity index is 1.88. The SMILES string of the molecule is CCN1CC(C(=O)NC2CCCCC2CN)CC1=O. The molecule has 108 valence electrons. The van der Waals surface area contributed by atoms with Gasteiger partial charge in [-0.15, -0.1) is 0 Å². The summed E-state index contributed by atoms with van der Waals surface area (Å²) < 4.78 is 0. The van der Waals surface area contributed by atoms with Crippen molar-refractivity contribution in [1.82, 2.24) is 10.2 Å². The first-order chi connectivity index (χ1) is 9.15. The van der Waals surface area contributed by atoms with Crippen LogP contribution in [0.3, 0.4) is 0 Å². The topological polar surface area (TPSA) is 75.4 Å². The molecule has 5 heteroatoms. The van der Waals surface area contributed by atoms with Crippen LogP contribution in [0.15, 0.2) is 0 Å². The first-order valence-corrected chi connectivity index (χ1v) is 7.44. The summed E-state index contributed by atoms with van der Waals surface area (Å²) in [6.45, 7) is 3.85. The summed E-state index contributed by atoms with van der Waals surface area (Å²) in [4.78, 5) is 25.7. The van der Waals surface area contributed by atoms with Crippen LogP contribution < -0.4 is 11.1 Å². The Kier molecular flexibility index (Phi) is 4.80. The molecule has 0 aromatic carbocycles. The Morgan fingerprint density at radius 2 is 2.16 bits per heavy atom. The van der Waals surface area contributed by atoms with Gasteiger partial charge in [0.25, 0.3) is 0 Å².